The molecule has 0 fully saturated rings. The van der Waals surface area contributed by atoms with Crippen LogP contribution < -0.4 is 10.1 Å². The van der Waals surface area contributed by atoms with Gasteiger partial charge in [-0.05, 0) is 68.3 Å². The lowest BCUT2D eigenvalue weighted by atomic mass is 10.0. The van der Waals surface area contributed by atoms with Crippen LogP contribution in [0.5, 0.6) is 5.75 Å². The van der Waals surface area contributed by atoms with Gasteiger partial charge < -0.3 is 15.0 Å². The molecule has 160 valence electrons. The molecule has 2 aromatic carbocycles. The molecule has 0 saturated heterocycles. The fourth-order valence-electron chi connectivity index (χ4n) is 3.91. The van der Waals surface area contributed by atoms with Crippen molar-refractivity contribution in [1.82, 2.24) is 15.2 Å². The lowest BCUT2D eigenvalue weighted by Crippen LogP contribution is -2.38. The molecule has 0 radical (unpaired) electrons. The fraction of sp³-hybridized carbons (Fsp3) is 0.400. The number of amides is 1. The first-order valence-corrected chi connectivity index (χ1v) is 10.8. The van der Waals surface area contributed by atoms with E-state index in [4.69, 9.17) is 4.74 Å². The molecule has 0 unspecified atom stereocenters. The van der Waals surface area contributed by atoms with Crippen LogP contribution in [0.1, 0.15) is 32.8 Å². The highest BCUT2D eigenvalue weighted by Crippen LogP contribution is 2.32. The van der Waals surface area contributed by atoms with E-state index in [1.54, 1.807) is 7.11 Å². The number of aromatic nitrogens is 1. The van der Waals surface area contributed by atoms with E-state index < -0.39 is 0 Å². The van der Waals surface area contributed by atoms with Crippen molar-refractivity contribution >= 4 is 16.8 Å². The number of benzene rings is 2. The molecule has 0 atom stereocenters. The van der Waals surface area contributed by atoms with Crippen LogP contribution in [-0.2, 0) is 11.2 Å². The predicted molar refractivity (Wildman–Crippen MR) is 124 cm³/mol. The highest BCUT2D eigenvalue weighted by Gasteiger charge is 2.15. The van der Waals surface area contributed by atoms with Crippen LogP contribution in [0.3, 0.4) is 0 Å². The Balaban J connectivity index is 1.71. The van der Waals surface area contributed by atoms with Gasteiger partial charge in [0.05, 0.1) is 7.11 Å². The number of aromatic amines is 1. The first kappa shape index (κ1) is 21.9. The molecule has 0 bridgehead atoms. The summed E-state index contributed by atoms with van der Waals surface area (Å²) in [4.78, 5) is 18.4. The molecule has 3 aromatic rings. The van der Waals surface area contributed by atoms with Crippen LogP contribution in [0.15, 0.2) is 48.5 Å². The lowest BCUT2D eigenvalue weighted by Gasteiger charge is -2.24. The summed E-state index contributed by atoms with van der Waals surface area (Å²) in [7, 11) is 1.67. The maximum atomic E-state index is 12.5. The molecule has 1 heterocycles. The Bertz CT molecular complexity index is 960. The van der Waals surface area contributed by atoms with Crippen LogP contribution in [0, 0.1) is 0 Å². The second-order valence-electron chi connectivity index (χ2n) is 7.82. The van der Waals surface area contributed by atoms with Gasteiger partial charge in [0, 0.05) is 42.1 Å². The Morgan fingerprint density at radius 2 is 1.87 bits per heavy atom. The molecule has 0 aliphatic heterocycles. The predicted octanol–water partition coefficient (Wildman–Crippen LogP) is 4.62. The monoisotopic (exact) mass is 407 g/mol. The van der Waals surface area contributed by atoms with Crippen molar-refractivity contribution in [3.05, 3.63) is 54.1 Å². The van der Waals surface area contributed by atoms with E-state index in [9.17, 15) is 4.79 Å². The Hall–Kier alpha value is -2.79. The Morgan fingerprint density at radius 3 is 2.53 bits per heavy atom. The maximum Gasteiger partial charge on any atom is 0.220 e. The number of nitrogens with one attached hydrogen (secondary N) is 2. The molecule has 5 heteroatoms. The molecule has 1 aromatic heterocycles. The summed E-state index contributed by atoms with van der Waals surface area (Å²) >= 11 is 0. The average molecular weight is 408 g/mol. The number of aryl methyl sites for hydroxylation is 1. The van der Waals surface area contributed by atoms with Crippen molar-refractivity contribution in [2.45, 2.75) is 39.7 Å². The standard InChI is InChI=1S/C25H33N3O2/c1-5-28(18(2)3)17-16-26-24(29)15-14-22-21-8-6-7-9-23(21)27-25(22)19-10-12-20(30-4)13-11-19/h6-13,18,27H,5,14-17H2,1-4H3,(H,26,29). The van der Waals surface area contributed by atoms with Crippen molar-refractivity contribution < 1.29 is 9.53 Å². The third-order valence-corrected chi connectivity index (χ3v) is 5.65. The second-order valence-corrected chi connectivity index (χ2v) is 7.82. The minimum absolute atomic E-state index is 0.0979. The van der Waals surface area contributed by atoms with Crippen LogP contribution in [0.25, 0.3) is 22.2 Å². The van der Waals surface area contributed by atoms with Crippen molar-refractivity contribution in [3.63, 3.8) is 0 Å². The smallest absolute Gasteiger partial charge is 0.220 e. The molecule has 0 saturated carbocycles. The molecular formula is C25H33N3O2. The molecule has 5 nitrogen and oxygen atoms in total. The van der Waals surface area contributed by atoms with Crippen molar-refractivity contribution in [2.75, 3.05) is 26.7 Å². The van der Waals surface area contributed by atoms with E-state index in [2.05, 4.69) is 60.2 Å². The summed E-state index contributed by atoms with van der Waals surface area (Å²) in [5.74, 6) is 0.930. The number of para-hydroxylation sites is 1. The second kappa shape index (κ2) is 10.3. The van der Waals surface area contributed by atoms with Crippen molar-refractivity contribution in [3.8, 4) is 17.0 Å². The van der Waals surface area contributed by atoms with Gasteiger partial charge in [-0.25, -0.2) is 0 Å². The summed E-state index contributed by atoms with van der Waals surface area (Å²) in [6, 6.07) is 16.8. The number of fused-ring (bicyclic) bond motifs is 1. The quantitative estimate of drug-likeness (QED) is 0.515. The number of likely N-dealkylation sites (N-methyl/N-ethyl adjacent to an activating group) is 1. The molecule has 0 aliphatic carbocycles. The van der Waals surface area contributed by atoms with Gasteiger partial charge >= 0.3 is 0 Å². The van der Waals surface area contributed by atoms with Crippen molar-refractivity contribution in [2.24, 2.45) is 0 Å². The number of ether oxygens (including phenoxy) is 1. The van der Waals surface area contributed by atoms with E-state index in [0.29, 0.717) is 25.4 Å². The SMILES string of the molecule is CCN(CCNC(=O)CCc1c(-c2ccc(OC)cc2)[nH]c2ccccc12)C(C)C. The van der Waals surface area contributed by atoms with E-state index in [1.165, 1.54) is 10.9 Å². The van der Waals surface area contributed by atoms with E-state index in [-0.39, 0.29) is 5.91 Å². The van der Waals surface area contributed by atoms with Gasteiger partial charge in [0.25, 0.3) is 0 Å². The summed E-state index contributed by atoms with van der Waals surface area (Å²) in [5.41, 5.74) is 4.44. The fourth-order valence-corrected chi connectivity index (χ4v) is 3.91. The average Bonchev–Trinajstić information content (AvgIpc) is 3.13. The molecular weight excluding hydrogens is 374 g/mol. The van der Waals surface area contributed by atoms with Crippen LogP contribution in [-0.4, -0.2) is 48.6 Å². The highest BCUT2D eigenvalue weighted by molar-refractivity contribution is 5.91. The molecule has 0 spiro atoms. The number of carbonyl (C=O) groups is 1. The summed E-state index contributed by atoms with van der Waals surface area (Å²) in [5, 5.41) is 4.25. The molecule has 30 heavy (non-hydrogen) atoms. The normalized spacial score (nSPS) is 11.4. The molecule has 3 rings (SSSR count). The van der Waals surface area contributed by atoms with E-state index in [1.807, 2.05) is 24.3 Å². The number of nitrogens with zero attached hydrogens (tertiary/aromatic N) is 1. The lowest BCUT2D eigenvalue weighted by molar-refractivity contribution is -0.121. The Morgan fingerprint density at radius 1 is 1.13 bits per heavy atom. The third kappa shape index (κ3) is 5.22. The summed E-state index contributed by atoms with van der Waals surface area (Å²) in [6.45, 7) is 9.08. The third-order valence-electron chi connectivity index (χ3n) is 5.65. The Kier molecular flexibility index (Phi) is 7.52. The number of hydrogen-bond donors (Lipinski definition) is 2. The maximum absolute atomic E-state index is 12.5. The van der Waals surface area contributed by atoms with Gasteiger partial charge in [0.15, 0.2) is 0 Å². The van der Waals surface area contributed by atoms with Crippen LogP contribution >= 0.6 is 0 Å². The van der Waals surface area contributed by atoms with Crippen LogP contribution in [0.2, 0.25) is 0 Å². The molecule has 0 aliphatic rings. The van der Waals surface area contributed by atoms with E-state index in [0.717, 1.165) is 35.6 Å². The highest BCUT2D eigenvalue weighted by atomic mass is 16.5. The van der Waals surface area contributed by atoms with Gasteiger partial charge in [-0.3, -0.25) is 9.69 Å². The van der Waals surface area contributed by atoms with Gasteiger partial charge in [-0.15, -0.1) is 0 Å². The van der Waals surface area contributed by atoms with Gasteiger partial charge in [-0.2, -0.15) is 0 Å². The van der Waals surface area contributed by atoms with Crippen LogP contribution in [0.4, 0.5) is 0 Å². The van der Waals surface area contributed by atoms with Gasteiger partial charge in [0.1, 0.15) is 5.75 Å². The molecule has 2 N–H and O–H groups in total. The van der Waals surface area contributed by atoms with Crippen molar-refractivity contribution in [1.29, 1.82) is 0 Å². The minimum Gasteiger partial charge on any atom is -0.497 e. The van der Waals surface area contributed by atoms with E-state index >= 15 is 0 Å². The number of carbonyl (C=O) groups excluding carboxylic acids is 1. The topological polar surface area (TPSA) is 57.4 Å². The number of rotatable bonds is 10. The Labute approximate surface area is 179 Å². The summed E-state index contributed by atoms with van der Waals surface area (Å²) in [6.07, 6.45) is 1.16. The summed E-state index contributed by atoms with van der Waals surface area (Å²) < 4.78 is 5.28. The zero-order valence-electron chi connectivity index (χ0n) is 18.5. The first-order valence-electron chi connectivity index (χ1n) is 10.8. The van der Waals surface area contributed by atoms with Gasteiger partial charge in [0.2, 0.25) is 5.91 Å². The largest absolute Gasteiger partial charge is 0.497 e. The minimum atomic E-state index is 0.0979. The number of hydrogen-bond acceptors (Lipinski definition) is 3. The zero-order valence-corrected chi connectivity index (χ0v) is 18.5. The van der Waals surface area contributed by atoms with Gasteiger partial charge in [-0.1, -0.05) is 25.1 Å². The molecule has 1 amide bonds. The number of methoxy groups -OCH3 is 1. The number of H-pyrrole nitrogens is 1. The first-order chi connectivity index (χ1) is 14.5. The zero-order chi connectivity index (χ0) is 21.5.